The van der Waals surface area contributed by atoms with E-state index < -0.39 is 0 Å². The van der Waals surface area contributed by atoms with Gasteiger partial charge in [0.1, 0.15) is 12.2 Å². The Labute approximate surface area is 130 Å². The molecule has 0 saturated heterocycles. The lowest BCUT2D eigenvalue weighted by Crippen LogP contribution is -2.22. The van der Waals surface area contributed by atoms with E-state index in [1.54, 1.807) is 6.33 Å². The molecule has 0 bridgehead atoms. The summed E-state index contributed by atoms with van der Waals surface area (Å²) in [7, 11) is 0. The average molecular weight is 294 g/mol. The predicted molar refractivity (Wildman–Crippen MR) is 89.3 cm³/mol. The molecule has 0 saturated carbocycles. The summed E-state index contributed by atoms with van der Waals surface area (Å²) in [5, 5.41) is 10.4. The van der Waals surface area contributed by atoms with Gasteiger partial charge in [-0.2, -0.15) is 5.10 Å². The van der Waals surface area contributed by atoms with Crippen molar-refractivity contribution in [2.45, 2.75) is 90.5 Å². The molecule has 1 atom stereocenters. The highest BCUT2D eigenvalue weighted by atomic mass is 15.2. The summed E-state index contributed by atoms with van der Waals surface area (Å²) in [6, 6.07) is 0.339. The van der Waals surface area contributed by atoms with Crippen LogP contribution in [-0.4, -0.2) is 21.7 Å². The lowest BCUT2D eigenvalue weighted by Gasteiger charge is -2.14. The minimum absolute atomic E-state index is 0.339. The molecule has 0 amide bonds. The predicted octanol–water partition coefficient (Wildman–Crippen LogP) is 4.77. The van der Waals surface area contributed by atoms with Crippen LogP contribution in [0.1, 0.15) is 96.3 Å². The Morgan fingerprint density at radius 3 is 2.10 bits per heavy atom. The Bertz CT molecular complexity index is 311. The number of hydrogen-bond acceptors (Lipinski definition) is 3. The molecular weight excluding hydrogens is 260 g/mol. The first-order valence-electron chi connectivity index (χ1n) is 8.97. The molecule has 1 aromatic rings. The lowest BCUT2D eigenvalue weighted by atomic mass is 10.0. The van der Waals surface area contributed by atoms with Gasteiger partial charge in [0.2, 0.25) is 0 Å². The zero-order chi connectivity index (χ0) is 15.2. The molecule has 0 fully saturated rings. The van der Waals surface area contributed by atoms with Gasteiger partial charge in [-0.25, -0.2) is 4.98 Å². The van der Waals surface area contributed by atoms with E-state index in [-0.39, 0.29) is 0 Å². The second-order valence-electron chi connectivity index (χ2n) is 5.95. The standard InChI is InChI=1S/C17H34N4/c1-3-5-6-7-8-9-10-11-12-13-14-16(18-4-2)17-19-15-20-21-17/h15-16,18H,3-14H2,1-2H3,(H,19,20,21). The van der Waals surface area contributed by atoms with E-state index in [0.29, 0.717) is 6.04 Å². The Kier molecular flexibility index (Phi) is 11.1. The summed E-state index contributed by atoms with van der Waals surface area (Å²) in [6.07, 6.45) is 16.6. The van der Waals surface area contributed by atoms with Crippen LogP contribution in [0.15, 0.2) is 6.33 Å². The van der Waals surface area contributed by atoms with Crippen LogP contribution < -0.4 is 5.32 Å². The summed E-state index contributed by atoms with van der Waals surface area (Å²) >= 11 is 0. The summed E-state index contributed by atoms with van der Waals surface area (Å²) in [5.41, 5.74) is 0. The van der Waals surface area contributed by atoms with Crippen molar-refractivity contribution in [2.24, 2.45) is 0 Å². The third kappa shape index (κ3) is 8.86. The molecule has 21 heavy (non-hydrogen) atoms. The van der Waals surface area contributed by atoms with E-state index in [0.717, 1.165) is 18.8 Å². The van der Waals surface area contributed by atoms with Crippen LogP contribution in [0.2, 0.25) is 0 Å². The smallest absolute Gasteiger partial charge is 0.141 e. The molecule has 4 nitrogen and oxygen atoms in total. The topological polar surface area (TPSA) is 53.6 Å². The van der Waals surface area contributed by atoms with Gasteiger partial charge >= 0.3 is 0 Å². The minimum atomic E-state index is 0.339. The number of H-pyrrole nitrogens is 1. The third-order valence-electron chi connectivity index (χ3n) is 4.06. The minimum Gasteiger partial charge on any atom is -0.308 e. The molecule has 1 unspecified atom stereocenters. The number of unbranched alkanes of at least 4 members (excludes halogenated alkanes) is 9. The maximum atomic E-state index is 4.27. The van der Waals surface area contributed by atoms with Crippen LogP contribution in [0, 0.1) is 0 Å². The van der Waals surface area contributed by atoms with Gasteiger partial charge in [0, 0.05) is 0 Å². The number of nitrogens with one attached hydrogen (secondary N) is 2. The van der Waals surface area contributed by atoms with Crippen molar-refractivity contribution in [3.05, 3.63) is 12.2 Å². The molecule has 1 rings (SSSR count). The Hall–Kier alpha value is -0.900. The maximum Gasteiger partial charge on any atom is 0.141 e. The van der Waals surface area contributed by atoms with Crippen molar-refractivity contribution >= 4 is 0 Å². The number of rotatable bonds is 14. The fourth-order valence-electron chi connectivity index (χ4n) is 2.80. The highest BCUT2D eigenvalue weighted by Gasteiger charge is 2.12. The highest BCUT2D eigenvalue weighted by molar-refractivity contribution is 4.90. The molecule has 0 aliphatic carbocycles. The molecule has 122 valence electrons. The SMILES string of the molecule is CCCCCCCCCCCCC(NCC)c1ncn[nH]1. The van der Waals surface area contributed by atoms with E-state index >= 15 is 0 Å². The normalized spacial score (nSPS) is 12.7. The molecule has 0 spiro atoms. The van der Waals surface area contributed by atoms with Crippen LogP contribution in [0.3, 0.4) is 0 Å². The quantitative estimate of drug-likeness (QED) is 0.486. The zero-order valence-corrected chi connectivity index (χ0v) is 14.0. The largest absolute Gasteiger partial charge is 0.308 e. The van der Waals surface area contributed by atoms with Gasteiger partial charge in [0.05, 0.1) is 6.04 Å². The van der Waals surface area contributed by atoms with Gasteiger partial charge in [-0.15, -0.1) is 0 Å². The van der Waals surface area contributed by atoms with Crippen molar-refractivity contribution in [3.8, 4) is 0 Å². The number of hydrogen-bond donors (Lipinski definition) is 2. The van der Waals surface area contributed by atoms with E-state index in [1.807, 2.05) is 0 Å². The number of nitrogens with zero attached hydrogens (tertiary/aromatic N) is 2. The van der Waals surface area contributed by atoms with E-state index in [4.69, 9.17) is 0 Å². The van der Waals surface area contributed by atoms with Crippen LogP contribution >= 0.6 is 0 Å². The second-order valence-corrected chi connectivity index (χ2v) is 5.95. The molecule has 1 heterocycles. The third-order valence-corrected chi connectivity index (χ3v) is 4.06. The molecule has 1 aromatic heterocycles. The maximum absolute atomic E-state index is 4.27. The van der Waals surface area contributed by atoms with Crippen molar-refractivity contribution in [1.82, 2.24) is 20.5 Å². The van der Waals surface area contributed by atoms with Gasteiger partial charge in [-0.05, 0) is 13.0 Å². The van der Waals surface area contributed by atoms with Crippen molar-refractivity contribution in [3.63, 3.8) is 0 Å². The van der Waals surface area contributed by atoms with Crippen LogP contribution in [0.25, 0.3) is 0 Å². The summed E-state index contributed by atoms with van der Waals surface area (Å²) < 4.78 is 0. The second kappa shape index (κ2) is 12.8. The average Bonchev–Trinajstić information content (AvgIpc) is 3.02. The Balaban J connectivity index is 1.97. The van der Waals surface area contributed by atoms with Gasteiger partial charge in [-0.1, -0.05) is 78.1 Å². The fraction of sp³-hybridized carbons (Fsp3) is 0.882. The van der Waals surface area contributed by atoms with Crippen molar-refractivity contribution < 1.29 is 0 Å². The lowest BCUT2D eigenvalue weighted by molar-refractivity contribution is 0.458. The fourth-order valence-corrected chi connectivity index (χ4v) is 2.80. The molecule has 4 heteroatoms. The van der Waals surface area contributed by atoms with Crippen LogP contribution in [0.5, 0.6) is 0 Å². The van der Waals surface area contributed by atoms with E-state index in [2.05, 4.69) is 34.3 Å². The molecule has 0 radical (unpaired) electrons. The monoisotopic (exact) mass is 294 g/mol. The van der Waals surface area contributed by atoms with E-state index in [9.17, 15) is 0 Å². The first-order valence-corrected chi connectivity index (χ1v) is 8.97. The molecule has 0 aromatic carbocycles. The molecule has 0 aliphatic rings. The number of aromatic amines is 1. The Morgan fingerprint density at radius 2 is 1.57 bits per heavy atom. The van der Waals surface area contributed by atoms with E-state index in [1.165, 1.54) is 64.2 Å². The van der Waals surface area contributed by atoms with Crippen LogP contribution in [0.4, 0.5) is 0 Å². The highest BCUT2D eigenvalue weighted by Crippen LogP contribution is 2.17. The van der Waals surface area contributed by atoms with Crippen LogP contribution in [-0.2, 0) is 0 Å². The summed E-state index contributed by atoms with van der Waals surface area (Å²) in [6.45, 7) is 5.39. The van der Waals surface area contributed by atoms with Gasteiger partial charge in [0.15, 0.2) is 0 Å². The van der Waals surface area contributed by atoms with Gasteiger partial charge in [-0.3, -0.25) is 5.10 Å². The van der Waals surface area contributed by atoms with Gasteiger partial charge in [0.25, 0.3) is 0 Å². The zero-order valence-electron chi connectivity index (χ0n) is 14.0. The first kappa shape index (κ1) is 18.1. The molecular formula is C17H34N4. The summed E-state index contributed by atoms with van der Waals surface area (Å²) in [5.74, 6) is 0.979. The Morgan fingerprint density at radius 1 is 0.952 bits per heavy atom. The number of aromatic nitrogens is 3. The molecule has 2 N–H and O–H groups in total. The van der Waals surface area contributed by atoms with Crippen molar-refractivity contribution in [2.75, 3.05) is 6.54 Å². The summed E-state index contributed by atoms with van der Waals surface area (Å²) in [4.78, 5) is 4.27. The van der Waals surface area contributed by atoms with Crippen molar-refractivity contribution in [1.29, 1.82) is 0 Å². The first-order chi connectivity index (χ1) is 10.4. The molecule has 0 aliphatic heterocycles. The van der Waals surface area contributed by atoms with Gasteiger partial charge < -0.3 is 5.32 Å².